The van der Waals surface area contributed by atoms with Crippen LogP contribution in [0, 0.1) is 0 Å². The van der Waals surface area contributed by atoms with E-state index in [0.29, 0.717) is 28.4 Å². The van der Waals surface area contributed by atoms with Crippen molar-refractivity contribution in [1.82, 2.24) is 14.7 Å². The van der Waals surface area contributed by atoms with Crippen LogP contribution in [0.3, 0.4) is 0 Å². The maximum atomic E-state index is 12.3. The molecule has 2 aromatic rings. The van der Waals surface area contributed by atoms with Gasteiger partial charge in [-0.1, -0.05) is 42.5 Å². The Morgan fingerprint density at radius 2 is 2.00 bits per heavy atom. The fourth-order valence-corrected chi connectivity index (χ4v) is 3.51. The van der Waals surface area contributed by atoms with E-state index in [1.54, 1.807) is 29.1 Å². The summed E-state index contributed by atoms with van der Waals surface area (Å²) in [6, 6.07) is 7.55. The molecule has 0 bridgehead atoms. The molecule has 1 aliphatic carbocycles. The molecule has 1 fully saturated rings. The maximum absolute atomic E-state index is 12.3. The quantitative estimate of drug-likeness (QED) is 0.836. The standard InChI is InChI=1S/C18H22Cl2N4O/c1-23(13-5-3-2-4-6-13)12-18(25)21-17-9-10-24(22-17)14-7-8-15(19)16(20)11-14/h7-11,13H,2-6,12H2,1H3,(H,21,22,25). The van der Waals surface area contributed by atoms with Crippen LogP contribution < -0.4 is 5.32 Å². The van der Waals surface area contributed by atoms with Crippen LogP contribution in [0.2, 0.25) is 10.0 Å². The molecular formula is C18H22Cl2N4O. The third-order valence-electron chi connectivity index (χ3n) is 4.62. The molecule has 1 aromatic carbocycles. The number of likely N-dealkylation sites (N-methyl/N-ethyl adjacent to an activating group) is 1. The lowest BCUT2D eigenvalue weighted by Gasteiger charge is -2.30. The highest BCUT2D eigenvalue weighted by Crippen LogP contribution is 2.24. The minimum Gasteiger partial charge on any atom is -0.308 e. The molecule has 0 saturated heterocycles. The van der Waals surface area contributed by atoms with E-state index in [-0.39, 0.29) is 5.91 Å². The first-order chi connectivity index (χ1) is 12.0. The van der Waals surface area contributed by atoms with Gasteiger partial charge in [-0.25, -0.2) is 4.68 Å². The molecule has 134 valence electrons. The number of halogens is 2. The Kier molecular flexibility index (Phi) is 5.99. The second-order valence-electron chi connectivity index (χ2n) is 6.50. The van der Waals surface area contributed by atoms with E-state index in [2.05, 4.69) is 15.3 Å². The average Bonchev–Trinajstić information content (AvgIpc) is 3.06. The van der Waals surface area contributed by atoms with Gasteiger partial charge in [-0.15, -0.1) is 0 Å². The van der Waals surface area contributed by atoms with E-state index in [4.69, 9.17) is 23.2 Å². The zero-order valence-electron chi connectivity index (χ0n) is 14.2. The van der Waals surface area contributed by atoms with Gasteiger partial charge < -0.3 is 5.32 Å². The number of anilines is 1. The van der Waals surface area contributed by atoms with Crippen molar-refractivity contribution < 1.29 is 4.79 Å². The maximum Gasteiger partial charge on any atom is 0.239 e. The molecule has 0 atom stereocenters. The molecule has 0 unspecified atom stereocenters. The fraction of sp³-hybridized carbons (Fsp3) is 0.444. The summed E-state index contributed by atoms with van der Waals surface area (Å²) in [7, 11) is 2.02. The van der Waals surface area contributed by atoms with Gasteiger partial charge in [0.2, 0.25) is 5.91 Å². The summed E-state index contributed by atoms with van der Waals surface area (Å²) >= 11 is 12.0. The smallest absolute Gasteiger partial charge is 0.239 e. The summed E-state index contributed by atoms with van der Waals surface area (Å²) < 4.78 is 1.66. The number of benzene rings is 1. The van der Waals surface area contributed by atoms with Crippen molar-refractivity contribution in [3.63, 3.8) is 0 Å². The lowest BCUT2D eigenvalue weighted by Crippen LogP contribution is -2.39. The van der Waals surface area contributed by atoms with Gasteiger partial charge in [0.15, 0.2) is 5.82 Å². The largest absolute Gasteiger partial charge is 0.308 e. The van der Waals surface area contributed by atoms with E-state index in [1.807, 2.05) is 13.1 Å². The summed E-state index contributed by atoms with van der Waals surface area (Å²) in [5.41, 5.74) is 0.786. The van der Waals surface area contributed by atoms with Gasteiger partial charge in [0.05, 0.1) is 22.3 Å². The summed E-state index contributed by atoms with van der Waals surface area (Å²) in [4.78, 5) is 14.4. The first-order valence-corrected chi connectivity index (χ1v) is 9.30. The molecule has 25 heavy (non-hydrogen) atoms. The first-order valence-electron chi connectivity index (χ1n) is 8.54. The van der Waals surface area contributed by atoms with E-state index < -0.39 is 0 Å². The Balaban J connectivity index is 1.58. The van der Waals surface area contributed by atoms with Crippen molar-refractivity contribution in [2.75, 3.05) is 18.9 Å². The number of amides is 1. The topological polar surface area (TPSA) is 50.2 Å². The Hall–Kier alpha value is -1.56. The second-order valence-corrected chi connectivity index (χ2v) is 7.31. The second kappa shape index (κ2) is 8.21. The predicted molar refractivity (Wildman–Crippen MR) is 102 cm³/mol. The average molecular weight is 381 g/mol. The molecule has 1 aliphatic rings. The molecule has 1 heterocycles. The van der Waals surface area contributed by atoms with Crippen molar-refractivity contribution >= 4 is 34.9 Å². The molecular weight excluding hydrogens is 359 g/mol. The van der Waals surface area contributed by atoms with Crippen LogP contribution in [0.4, 0.5) is 5.82 Å². The lowest BCUT2D eigenvalue weighted by atomic mass is 9.94. The first kappa shape index (κ1) is 18.2. The van der Waals surface area contributed by atoms with Gasteiger partial charge >= 0.3 is 0 Å². The molecule has 7 heteroatoms. The van der Waals surface area contributed by atoms with E-state index >= 15 is 0 Å². The van der Waals surface area contributed by atoms with Crippen LogP contribution in [0.1, 0.15) is 32.1 Å². The third-order valence-corrected chi connectivity index (χ3v) is 5.35. The molecule has 1 saturated carbocycles. The van der Waals surface area contributed by atoms with Crippen molar-refractivity contribution in [3.8, 4) is 5.69 Å². The van der Waals surface area contributed by atoms with Crippen molar-refractivity contribution in [3.05, 3.63) is 40.5 Å². The van der Waals surface area contributed by atoms with Crippen LogP contribution in [0.15, 0.2) is 30.5 Å². The number of nitrogens with zero attached hydrogens (tertiary/aromatic N) is 3. The minimum atomic E-state index is -0.0486. The normalized spacial score (nSPS) is 15.5. The summed E-state index contributed by atoms with van der Waals surface area (Å²) in [6.45, 7) is 0.379. The Morgan fingerprint density at radius 1 is 1.24 bits per heavy atom. The highest BCUT2D eigenvalue weighted by atomic mass is 35.5. The molecule has 0 spiro atoms. The highest BCUT2D eigenvalue weighted by molar-refractivity contribution is 6.42. The summed E-state index contributed by atoms with van der Waals surface area (Å²) in [6.07, 6.45) is 7.95. The van der Waals surface area contributed by atoms with Crippen molar-refractivity contribution in [1.29, 1.82) is 0 Å². The summed E-state index contributed by atoms with van der Waals surface area (Å²) in [5, 5.41) is 8.20. The number of nitrogens with one attached hydrogen (secondary N) is 1. The van der Waals surface area contributed by atoms with Crippen LogP contribution in [-0.2, 0) is 4.79 Å². The number of hydrogen-bond acceptors (Lipinski definition) is 3. The zero-order valence-corrected chi connectivity index (χ0v) is 15.7. The molecule has 1 amide bonds. The monoisotopic (exact) mass is 380 g/mol. The summed E-state index contributed by atoms with van der Waals surface area (Å²) in [5.74, 6) is 0.473. The molecule has 1 N–H and O–H groups in total. The molecule has 0 aliphatic heterocycles. The number of aromatic nitrogens is 2. The number of rotatable bonds is 5. The highest BCUT2D eigenvalue weighted by Gasteiger charge is 2.20. The fourth-order valence-electron chi connectivity index (χ4n) is 3.22. The van der Waals surface area contributed by atoms with Crippen LogP contribution >= 0.6 is 23.2 Å². The van der Waals surface area contributed by atoms with Crippen molar-refractivity contribution in [2.24, 2.45) is 0 Å². The Bertz CT molecular complexity index is 740. The van der Waals surface area contributed by atoms with Gasteiger partial charge in [0, 0.05) is 18.3 Å². The van der Waals surface area contributed by atoms with Crippen LogP contribution in [-0.4, -0.2) is 40.2 Å². The SMILES string of the molecule is CN(CC(=O)Nc1ccn(-c2ccc(Cl)c(Cl)c2)n1)C1CCCCC1. The molecule has 0 radical (unpaired) electrons. The molecule has 3 rings (SSSR count). The number of hydrogen-bond donors (Lipinski definition) is 1. The predicted octanol–water partition coefficient (Wildman–Crippen LogP) is 4.38. The zero-order chi connectivity index (χ0) is 17.8. The van der Waals surface area contributed by atoms with Gasteiger partial charge in [-0.2, -0.15) is 5.10 Å². The van der Waals surface area contributed by atoms with E-state index in [0.717, 1.165) is 5.69 Å². The van der Waals surface area contributed by atoms with Crippen molar-refractivity contribution in [2.45, 2.75) is 38.1 Å². The third kappa shape index (κ3) is 4.75. The van der Waals surface area contributed by atoms with Gasteiger partial charge in [0.25, 0.3) is 0 Å². The van der Waals surface area contributed by atoms with Gasteiger partial charge in [0.1, 0.15) is 0 Å². The van der Waals surface area contributed by atoms with Crippen LogP contribution in [0.5, 0.6) is 0 Å². The molecule has 1 aromatic heterocycles. The Morgan fingerprint density at radius 3 is 2.72 bits per heavy atom. The molecule has 5 nitrogen and oxygen atoms in total. The van der Waals surface area contributed by atoms with E-state index in [1.165, 1.54) is 32.1 Å². The minimum absolute atomic E-state index is 0.0486. The van der Waals surface area contributed by atoms with Gasteiger partial charge in [-0.05, 0) is 38.1 Å². The Labute approximate surface area is 157 Å². The number of carbonyl (C=O) groups excluding carboxylic acids is 1. The number of carbonyl (C=O) groups is 1. The van der Waals surface area contributed by atoms with Crippen LogP contribution in [0.25, 0.3) is 5.69 Å². The van der Waals surface area contributed by atoms with Gasteiger partial charge in [-0.3, -0.25) is 9.69 Å². The lowest BCUT2D eigenvalue weighted by molar-refractivity contribution is -0.117. The van der Waals surface area contributed by atoms with E-state index in [9.17, 15) is 4.79 Å².